The van der Waals surface area contributed by atoms with Crippen molar-refractivity contribution in [3.63, 3.8) is 0 Å². The second kappa shape index (κ2) is 9.20. The summed E-state index contributed by atoms with van der Waals surface area (Å²) >= 11 is 0. The molecule has 1 aromatic heterocycles. The van der Waals surface area contributed by atoms with Gasteiger partial charge in [-0.2, -0.15) is 0 Å². The van der Waals surface area contributed by atoms with Gasteiger partial charge in [-0.15, -0.1) is 0 Å². The number of hydrogen-bond acceptors (Lipinski definition) is 3. The van der Waals surface area contributed by atoms with Crippen molar-refractivity contribution < 1.29 is 9.53 Å². The van der Waals surface area contributed by atoms with Gasteiger partial charge >= 0.3 is 0 Å². The molecule has 0 aliphatic heterocycles. The number of ether oxygens (including phenoxy) is 1. The molecule has 0 spiro atoms. The van der Waals surface area contributed by atoms with Crippen molar-refractivity contribution in [3.8, 4) is 11.4 Å². The third kappa shape index (κ3) is 4.32. The average Bonchev–Trinajstić information content (AvgIpc) is 3.06. The molecule has 0 unspecified atom stereocenters. The maximum atomic E-state index is 13.7. The van der Waals surface area contributed by atoms with E-state index in [-0.39, 0.29) is 18.0 Å². The Morgan fingerprint density at radius 2 is 1.55 bits per heavy atom. The Morgan fingerprint density at radius 3 is 2.15 bits per heavy atom. The van der Waals surface area contributed by atoms with Crippen LogP contribution in [-0.4, -0.2) is 22.4 Å². The van der Waals surface area contributed by atoms with Crippen LogP contribution in [0.4, 0.5) is 5.69 Å². The summed E-state index contributed by atoms with van der Waals surface area (Å²) in [4.78, 5) is 28.9. The van der Waals surface area contributed by atoms with E-state index >= 15 is 0 Å². The van der Waals surface area contributed by atoms with Crippen LogP contribution < -0.4 is 15.2 Å². The van der Waals surface area contributed by atoms with E-state index in [0.29, 0.717) is 16.9 Å². The summed E-state index contributed by atoms with van der Waals surface area (Å²) in [7, 11) is 3.44. The molecule has 0 saturated carbocycles. The zero-order chi connectivity index (χ0) is 23.5. The SMILES string of the molecule is COc1ccc(CN(C(=O)c2ccc(C)cc2)c2c(C)n(C)n(-c3ccccc3)c2=O)cc1. The number of aromatic nitrogens is 2. The molecule has 1 amide bonds. The van der Waals surface area contributed by atoms with Crippen LogP contribution in [0.15, 0.2) is 83.7 Å². The lowest BCUT2D eigenvalue weighted by Gasteiger charge is -2.22. The molecule has 0 bridgehead atoms. The highest BCUT2D eigenvalue weighted by Gasteiger charge is 2.27. The van der Waals surface area contributed by atoms with Gasteiger partial charge in [0.25, 0.3) is 11.5 Å². The van der Waals surface area contributed by atoms with Gasteiger partial charge in [0.1, 0.15) is 11.4 Å². The zero-order valence-electron chi connectivity index (χ0n) is 19.3. The van der Waals surface area contributed by atoms with Crippen molar-refractivity contribution >= 4 is 11.6 Å². The molecule has 0 atom stereocenters. The molecule has 3 aromatic carbocycles. The Kier molecular flexibility index (Phi) is 6.18. The smallest absolute Gasteiger partial charge is 0.295 e. The van der Waals surface area contributed by atoms with E-state index in [2.05, 4.69) is 0 Å². The van der Waals surface area contributed by atoms with Gasteiger partial charge < -0.3 is 4.74 Å². The predicted molar refractivity (Wildman–Crippen MR) is 130 cm³/mol. The number of methoxy groups -OCH3 is 1. The van der Waals surface area contributed by atoms with Crippen molar-refractivity contribution in [1.29, 1.82) is 0 Å². The molecule has 4 rings (SSSR count). The normalized spacial score (nSPS) is 10.8. The van der Waals surface area contributed by atoms with Crippen molar-refractivity contribution in [3.05, 3.63) is 112 Å². The van der Waals surface area contributed by atoms with Gasteiger partial charge in [-0.05, 0) is 55.8 Å². The minimum Gasteiger partial charge on any atom is -0.497 e. The van der Waals surface area contributed by atoms with Crippen LogP contribution in [0.25, 0.3) is 5.69 Å². The molecular weight excluding hydrogens is 414 g/mol. The maximum Gasteiger partial charge on any atom is 0.295 e. The van der Waals surface area contributed by atoms with Crippen LogP contribution >= 0.6 is 0 Å². The number of amides is 1. The van der Waals surface area contributed by atoms with E-state index in [0.717, 1.165) is 22.6 Å². The molecule has 0 aliphatic carbocycles. The van der Waals surface area contributed by atoms with E-state index in [4.69, 9.17) is 4.74 Å². The average molecular weight is 442 g/mol. The molecular formula is C27H27N3O3. The highest BCUT2D eigenvalue weighted by molar-refractivity contribution is 6.06. The highest BCUT2D eigenvalue weighted by atomic mass is 16.5. The highest BCUT2D eigenvalue weighted by Crippen LogP contribution is 2.24. The molecule has 0 aliphatic rings. The van der Waals surface area contributed by atoms with Gasteiger partial charge in [-0.1, -0.05) is 48.0 Å². The van der Waals surface area contributed by atoms with Crippen LogP contribution in [0, 0.1) is 13.8 Å². The van der Waals surface area contributed by atoms with Crippen LogP contribution in [0.5, 0.6) is 5.75 Å². The van der Waals surface area contributed by atoms with Crippen LogP contribution in [0.3, 0.4) is 0 Å². The van der Waals surface area contributed by atoms with Gasteiger partial charge in [0.15, 0.2) is 0 Å². The molecule has 0 radical (unpaired) electrons. The Balaban J connectivity index is 1.84. The lowest BCUT2D eigenvalue weighted by molar-refractivity contribution is 0.0984. The Bertz CT molecular complexity index is 1320. The van der Waals surface area contributed by atoms with Gasteiger partial charge in [-0.25, -0.2) is 4.68 Å². The number of anilines is 1. The number of hydrogen-bond donors (Lipinski definition) is 0. The van der Waals surface area contributed by atoms with Crippen molar-refractivity contribution in [2.45, 2.75) is 20.4 Å². The molecule has 0 N–H and O–H groups in total. The molecule has 4 aromatic rings. The number of nitrogens with zero attached hydrogens (tertiary/aromatic N) is 3. The second-order valence-electron chi connectivity index (χ2n) is 8.02. The summed E-state index contributed by atoms with van der Waals surface area (Å²) in [6.07, 6.45) is 0. The Hall–Kier alpha value is -4.06. The number of carbonyl (C=O) groups excluding carboxylic acids is 1. The fourth-order valence-electron chi connectivity index (χ4n) is 3.88. The molecule has 168 valence electrons. The molecule has 33 heavy (non-hydrogen) atoms. The van der Waals surface area contributed by atoms with Crippen LogP contribution in [-0.2, 0) is 13.6 Å². The first-order valence-electron chi connectivity index (χ1n) is 10.8. The molecule has 6 heteroatoms. The van der Waals surface area contributed by atoms with E-state index in [9.17, 15) is 9.59 Å². The fourth-order valence-corrected chi connectivity index (χ4v) is 3.88. The van der Waals surface area contributed by atoms with E-state index in [1.54, 1.807) is 33.5 Å². The van der Waals surface area contributed by atoms with Crippen LogP contribution in [0.2, 0.25) is 0 Å². The lowest BCUT2D eigenvalue weighted by atomic mass is 10.1. The monoisotopic (exact) mass is 441 g/mol. The minimum atomic E-state index is -0.241. The predicted octanol–water partition coefficient (Wildman–Crippen LogP) is 4.65. The number of benzene rings is 3. The van der Waals surface area contributed by atoms with Gasteiger partial charge in [0.05, 0.1) is 25.0 Å². The third-order valence-corrected chi connectivity index (χ3v) is 5.84. The molecule has 1 heterocycles. The summed E-state index contributed by atoms with van der Waals surface area (Å²) in [5, 5.41) is 0. The van der Waals surface area contributed by atoms with E-state index < -0.39 is 0 Å². The van der Waals surface area contributed by atoms with E-state index in [1.165, 1.54) is 0 Å². The Morgan fingerprint density at radius 1 is 0.909 bits per heavy atom. The van der Waals surface area contributed by atoms with Crippen molar-refractivity contribution in [2.24, 2.45) is 7.05 Å². The maximum absolute atomic E-state index is 13.7. The molecule has 0 fully saturated rings. The van der Waals surface area contributed by atoms with Gasteiger partial charge in [0.2, 0.25) is 0 Å². The topological polar surface area (TPSA) is 56.5 Å². The number of rotatable bonds is 6. The molecule has 6 nitrogen and oxygen atoms in total. The summed E-state index contributed by atoms with van der Waals surface area (Å²) in [5.74, 6) is 0.509. The summed E-state index contributed by atoms with van der Waals surface area (Å²) in [6.45, 7) is 4.09. The van der Waals surface area contributed by atoms with Crippen molar-refractivity contribution in [1.82, 2.24) is 9.36 Å². The standard InChI is InChI=1S/C27H27N3O3/c1-19-10-14-22(15-11-19)26(31)29(18-21-12-16-24(33-4)17-13-21)25-20(2)28(3)30(27(25)32)23-8-6-5-7-9-23/h5-17H,18H2,1-4H3. The third-order valence-electron chi connectivity index (χ3n) is 5.84. The zero-order valence-corrected chi connectivity index (χ0v) is 19.3. The Labute approximate surface area is 193 Å². The van der Waals surface area contributed by atoms with E-state index in [1.807, 2.05) is 87.6 Å². The number of para-hydroxylation sites is 1. The largest absolute Gasteiger partial charge is 0.497 e. The summed E-state index contributed by atoms with van der Waals surface area (Å²) < 4.78 is 8.64. The van der Waals surface area contributed by atoms with Crippen LogP contribution in [0.1, 0.15) is 27.2 Å². The first kappa shape index (κ1) is 22.1. The minimum absolute atomic E-state index is 0.225. The fraction of sp³-hybridized carbons (Fsp3) is 0.185. The number of aryl methyl sites for hydroxylation is 1. The quantitative estimate of drug-likeness (QED) is 0.438. The summed E-state index contributed by atoms with van der Waals surface area (Å²) in [6, 6.07) is 24.3. The first-order chi connectivity index (χ1) is 15.9. The first-order valence-corrected chi connectivity index (χ1v) is 10.8. The molecule has 0 saturated heterocycles. The van der Waals surface area contributed by atoms with Gasteiger partial charge in [-0.3, -0.25) is 19.2 Å². The van der Waals surface area contributed by atoms with Crippen molar-refractivity contribution in [2.75, 3.05) is 12.0 Å². The second-order valence-corrected chi connectivity index (χ2v) is 8.02. The van der Waals surface area contributed by atoms with Gasteiger partial charge in [0, 0.05) is 12.6 Å². The lowest BCUT2D eigenvalue weighted by Crippen LogP contribution is -2.35. The summed E-state index contributed by atoms with van der Waals surface area (Å²) in [5.41, 5.74) is 4.06. The number of carbonyl (C=O) groups is 1.